The van der Waals surface area contributed by atoms with Crippen molar-refractivity contribution in [2.75, 3.05) is 31.6 Å². The van der Waals surface area contributed by atoms with E-state index in [1.807, 2.05) is 0 Å². The molecule has 1 saturated heterocycles. The Balaban J connectivity index is 2.45. The van der Waals surface area contributed by atoms with Gasteiger partial charge in [-0.3, -0.25) is 4.79 Å². The van der Waals surface area contributed by atoms with E-state index in [9.17, 15) is 23.1 Å². The van der Waals surface area contributed by atoms with E-state index >= 15 is 0 Å². The number of likely N-dealkylation sites (N-methyl/N-ethyl adjacent to an activating group) is 1. The second kappa shape index (κ2) is 5.34. The van der Waals surface area contributed by atoms with E-state index in [2.05, 4.69) is 0 Å². The number of nitrogens with two attached hydrogens (primary N) is 1. The molecule has 9 heteroatoms. The van der Waals surface area contributed by atoms with Gasteiger partial charge >= 0.3 is 5.97 Å². The predicted octanol–water partition coefficient (Wildman–Crippen LogP) is -0.689. The first-order chi connectivity index (χ1) is 9.70. The average molecular weight is 313 g/mol. The number of nitrogens with zero attached hydrogens (tertiary/aromatic N) is 2. The van der Waals surface area contributed by atoms with Crippen LogP contribution in [0, 0.1) is 0 Å². The zero-order valence-corrected chi connectivity index (χ0v) is 12.1. The molecule has 0 unspecified atom stereocenters. The fourth-order valence-corrected chi connectivity index (χ4v) is 2.64. The van der Waals surface area contributed by atoms with E-state index in [0.717, 1.165) is 6.07 Å². The first-order valence-electron chi connectivity index (χ1n) is 6.09. The standard InChI is InChI=1S/C12H15N3O5S/c1-14-4-5-15(7-11(14)16)10-3-2-8(21(13,19)20)6-9(10)12(17)18/h2-3,6H,4-5,7H2,1H3,(H,17,18)(H2,13,19,20). The van der Waals surface area contributed by atoms with E-state index in [4.69, 9.17) is 5.14 Å². The Bertz CT molecular complexity index is 701. The molecule has 0 aliphatic carbocycles. The van der Waals surface area contributed by atoms with Crippen molar-refractivity contribution >= 4 is 27.6 Å². The highest BCUT2D eigenvalue weighted by molar-refractivity contribution is 7.89. The second-order valence-corrected chi connectivity index (χ2v) is 6.33. The highest BCUT2D eigenvalue weighted by Gasteiger charge is 2.25. The maximum Gasteiger partial charge on any atom is 0.337 e. The minimum atomic E-state index is -3.98. The van der Waals surface area contributed by atoms with Gasteiger partial charge in [0.2, 0.25) is 15.9 Å². The highest BCUT2D eigenvalue weighted by atomic mass is 32.2. The van der Waals surface area contributed by atoms with Crippen LogP contribution in [-0.4, -0.2) is 57.0 Å². The molecule has 1 amide bonds. The Labute approximate surface area is 121 Å². The molecule has 1 aromatic carbocycles. The van der Waals surface area contributed by atoms with Crippen LogP contribution < -0.4 is 10.0 Å². The zero-order chi connectivity index (χ0) is 15.8. The van der Waals surface area contributed by atoms with Gasteiger partial charge in [-0.1, -0.05) is 0 Å². The summed E-state index contributed by atoms with van der Waals surface area (Å²) in [5.74, 6) is -1.41. The third-order valence-corrected chi connectivity index (χ3v) is 4.24. The number of hydrogen-bond donors (Lipinski definition) is 2. The molecule has 0 spiro atoms. The van der Waals surface area contributed by atoms with E-state index in [0.29, 0.717) is 18.8 Å². The minimum absolute atomic E-state index is 0.0471. The third-order valence-electron chi connectivity index (χ3n) is 3.32. The summed E-state index contributed by atoms with van der Waals surface area (Å²) in [6, 6.07) is 3.61. The van der Waals surface area contributed by atoms with Gasteiger partial charge in [-0.2, -0.15) is 0 Å². The average Bonchev–Trinajstić information content (AvgIpc) is 2.40. The molecule has 1 heterocycles. The Morgan fingerprint density at radius 3 is 2.52 bits per heavy atom. The molecular weight excluding hydrogens is 298 g/mol. The minimum Gasteiger partial charge on any atom is -0.478 e. The fourth-order valence-electron chi connectivity index (χ4n) is 2.10. The Morgan fingerprint density at radius 1 is 1.33 bits per heavy atom. The monoisotopic (exact) mass is 313 g/mol. The lowest BCUT2D eigenvalue weighted by molar-refractivity contribution is -0.129. The number of anilines is 1. The maximum absolute atomic E-state index is 11.7. The molecule has 21 heavy (non-hydrogen) atoms. The van der Waals surface area contributed by atoms with Crippen LogP contribution in [-0.2, 0) is 14.8 Å². The number of carboxylic acid groups (broad SMARTS) is 1. The van der Waals surface area contributed by atoms with Crippen LogP contribution in [0.2, 0.25) is 0 Å². The van der Waals surface area contributed by atoms with Crippen molar-refractivity contribution in [1.82, 2.24) is 4.90 Å². The summed E-state index contributed by atoms with van der Waals surface area (Å²) in [7, 11) is -2.31. The molecule has 0 saturated carbocycles. The normalized spacial score (nSPS) is 16.2. The number of primary sulfonamides is 1. The van der Waals surface area contributed by atoms with Crippen molar-refractivity contribution in [3.05, 3.63) is 23.8 Å². The van der Waals surface area contributed by atoms with Crippen LogP contribution in [0.4, 0.5) is 5.69 Å². The van der Waals surface area contributed by atoms with Crippen molar-refractivity contribution < 1.29 is 23.1 Å². The van der Waals surface area contributed by atoms with Gasteiger partial charge in [0.05, 0.1) is 22.7 Å². The molecule has 3 N–H and O–H groups in total. The van der Waals surface area contributed by atoms with E-state index in [1.165, 1.54) is 12.1 Å². The Kier molecular flexibility index (Phi) is 3.88. The molecule has 1 fully saturated rings. The number of hydrogen-bond acceptors (Lipinski definition) is 5. The number of carboxylic acids is 1. The maximum atomic E-state index is 11.7. The number of rotatable bonds is 3. The number of amides is 1. The molecule has 2 rings (SSSR count). The SMILES string of the molecule is CN1CCN(c2ccc(S(N)(=O)=O)cc2C(=O)O)CC1=O. The van der Waals surface area contributed by atoms with Crippen LogP contribution in [0.25, 0.3) is 0 Å². The van der Waals surface area contributed by atoms with Crippen LogP contribution in [0.15, 0.2) is 23.1 Å². The van der Waals surface area contributed by atoms with Gasteiger partial charge in [-0.05, 0) is 18.2 Å². The smallest absolute Gasteiger partial charge is 0.337 e. The van der Waals surface area contributed by atoms with Crippen molar-refractivity contribution in [3.8, 4) is 0 Å². The molecule has 8 nitrogen and oxygen atoms in total. The lowest BCUT2D eigenvalue weighted by Gasteiger charge is -2.34. The van der Waals surface area contributed by atoms with Crippen molar-refractivity contribution in [3.63, 3.8) is 0 Å². The third kappa shape index (κ3) is 3.14. The summed E-state index contributed by atoms with van der Waals surface area (Å²) in [6.45, 7) is 0.984. The summed E-state index contributed by atoms with van der Waals surface area (Å²) in [6.07, 6.45) is 0. The predicted molar refractivity (Wildman–Crippen MR) is 74.6 cm³/mol. The Hall–Kier alpha value is -2.13. The van der Waals surface area contributed by atoms with Gasteiger partial charge < -0.3 is 14.9 Å². The molecule has 1 aliphatic rings. The van der Waals surface area contributed by atoms with Gasteiger partial charge in [0, 0.05) is 20.1 Å². The van der Waals surface area contributed by atoms with Crippen LogP contribution >= 0.6 is 0 Å². The summed E-state index contributed by atoms with van der Waals surface area (Å²) in [5.41, 5.74) is 0.107. The lowest BCUT2D eigenvalue weighted by atomic mass is 10.1. The molecule has 0 radical (unpaired) electrons. The number of carbonyl (C=O) groups is 2. The van der Waals surface area contributed by atoms with E-state index < -0.39 is 16.0 Å². The van der Waals surface area contributed by atoms with Crippen LogP contribution in [0.1, 0.15) is 10.4 Å². The molecule has 0 atom stereocenters. The van der Waals surface area contributed by atoms with Gasteiger partial charge in [-0.15, -0.1) is 0 Å². The summed E-state index contributed by atoms with van der Waals surface area (Å²) in [5, 5.41) is 14.2. The van der Waals surface area contributed by atoms with Crippen LogP contribution in [0.5, 0.6) is 0 Å². The first-order valence-corrected chi connectivity index (χ1v) is 7.64. The largest absolute Gasteiger partial charge is 0.478 e. The number of sulfonamides is 1. The second-order valence-electron chi connectivity index (χ2n) is 4.77. The fraction of sp³-hybridized carbons (Fsp3) is 0.333. The molecule has 1 aromatic rings. The van der Waals surface area contributed by atoms with Crippen molar-refractivity contribution in [2.45, 2.75) is 4.90 Å². The molecular formula is C12H15N3O5S. The van der Waals surface area contributed by atoms with Gasteiger partial charge in [0.1, 0.15) is 0 Å². The topological polar surface area (TPSA) is 121 Å². The van der Waals surface area contributed by atoms with Crippen molar-refractivity contribution in [2.24, 2.45) is 5.14 Å². The highest BCUT2D eigenvalue weighted by Crippen LogP contribution is 2.25. The summed E-state index contributed by atoms with van der Waals surface area (Å²) >= 11 is 0. The number of carbonyl (C=O) groups excluding carboxylic acids is 1. The quantitative estimate of drug-likeness (QED) is 0.762. The van der Waals surface area contributed by atoms with Gasteiger partial charge in [-0.25, -0.2) is 18.4 Å². The van der Waals surface area contributed by atoms with Gasteiger partial charge in [0.25, 0.3) is 0 Å². The van der Waals surface area contributed by atoms with Crippen molar-refractivity contribution in [1.29, 1.82) is 0 Å². The van der Waals surface area contributed by atoms with E-state index in [-0.39, 0.29) is 22.9 Å². The Morgan fingerprint density at radius 2 is 2.00 bits per heavy atom. The molecule has 0 bridgehead atoms. The first kappa shape index (κ1) is 15.3. The summed E-state index contributed by atoms with van der Waals surface area (Å²) in [4.78, 5) is 25.9. The molecule has 0 aromatic heterocycles. The number of piperazine rings is 1. The number of aromatic carboxylic acids is 1. The zero-order valence-electron chi connectivity index (χ0n) is 11.3. The summed E-state index contributed by atoms with van der Waals surface area (Å²) < 4.78 is 22.6. The van der Waals surface area contributed by atoms with Crippen LogP contribution in [0.3, 0.4) is 0 Å². The van der Waals surface area contributed by atoms with E-state index in [1.54, 1.807) is 16.8 Å². The lowest BCUT2D eigenvalue weighted by Crippen LogP contribution is -2.49. The molecule has 114 valence electrons. The molecule has 1 aliphatic heterocycles. The number of benzene rings is 1. The van der Waals surface area contributed by atoms with Gasteiger partial charge in [0.15, 0.2) is 0 Å².